The average Bonchev–Trinajstić information content (AvgIpc) is 2.47. The molecule has 2 aliphatic rings. The Morgan fingerprint density at radius 1 is 1.29 bits per heavy atom. The largest absolute Gasteiger partial charge is 0.155 e. The maximum absolute atomic E-state index is 4.37. The summed E-state index contributed by atoms with van der Waals surface area (Å²) >= 11 is 0. The fourth-order valence-corrected chi connectivity index (χ4v) is 2.33. The minimum Gasteiger partial charge on any atom is -0.155 e. The van der Waals surface area contributed by atoms with Gasteiger partial charge in [0.15, 0.2) is 0 Å². The molecule has 0 N–H and O–H groups in total. The molecule has 1 aliphatic heterocycles. The summed E-state index contributed by atoms with van der Waals surface area (Å²) < 4.78 is 0. The Bertz CT molecular complexity index is 305. The van der Waals surface area contributed by atoms with Crippen molar-refractivity contribution in [3.05, 3.63) is 11.3 Å². The molecular formula is C12H19N2. The van der Waals surface area contributed by atoms with Crippen LogP contribution in [-0.2, 0) is 0 Å². The minimum atomic E-state index is 0.145. The zero-order valence-electron chi connectivity index (χ0n) is 9.59. The Balaban J connectivity index is 2.39. The topological polar surface area (TPSA) is 26.5 Å². The highest BCUT2D eigenvalue weighted by molar-refractivity contribution is 6.03. The van der Waals surface area contributed by atoms with Gasteiger partial charge < -0.3 is 0 Å². The fourth-order valence-electron chi connectivity index (χ4n) is 2.33. The van der Waals surface area contributed by atoms with Crippen LogP contribution in [0.2, 0.25) is 0 Å². The number of fused-ring (bicyclic) bond motifs is 1. The molecule has 1 atom stereocenters. The van der Waals surface area contributed by atoms with E-state index >= 15 is 0 Å². The van der Waals surface area contributed by atoms with Gasteiger partial charge in [0.1, 0.15) is 0 Å². The van der Waals surface area contributed by atoms with Crippen molar-refractivity contribution in [3.63, 3.8) is 0 Å². The van der Waals surface area contributed by atoms with Crippen LogP contribution in [0.1, 0.15) is 47.0 Å². The van der Waals surface area contributed by atoms with Gasteiger partial charge in [-0.3, -0.25) is 0 Å². The number of nitrogens with zero attached hydrogens (tertiary/aromatic N) is 2. The van der Waals surface area contributed by atoms with Gasteiger partial charge in [0.05, 0.1) is 11.4 Å². The molecule has 1 radical (unpaired) electrons. The predicted octanol–water partition coefficient (Wildman–Crippen LogP) is 3.08. The molecule has 0 spiro atoms. The number of rotatable bonds is 0. The van der Waals surface area contributed by atoms with Crippen molar-refractivity contribution in [3.8, 4) is 0 Å². The van der Waals surface area contributed by atoms with Crippen LogP contribution in [0.5, 0.6) is 0 Å². The lowest BCUT2D eigenvalue weighted by Gasteiger charge is -2.26. The van der Waals surface area contributed by atoms with E-state index in [1.165, 1.54) is 29.8 Å². The Hall–Kier alpha value is -0.790. The average molecular weight is 191 g/mol. The second-order valence-electron chi connectivity index (χ2n) is 5.45. The summed E-state index contributed by atoms with van der Waals surface area (Å²) in [6, 6.07) is 0. The lowest BCUT2D eigenvalue weighted by molar-refractivity contribution is 0.452. The van der Waals surface area contributed by atoms with Crippen molar-refractivity contribution in [2.45, 2.75) is 47.0 Å². The Labute approximate surface area is 86.5 Å². The van der Waals surface area contributed by atoms with Gasteiger partial charge in [0.2, 0.25) is 0 Å². The van der Waals surface area contributed by atoms with Crippen LogP contribution in [0.25, 0.3) is 0 Å². The van der Waals surface area contributed by atoms with E-state index in [2.05, 4.69) is 38.2 Å². The summed E-state index contributed by atoms with van der Waals surface area (Å²) in [6.45, 7) is 8.96. The Morgan fingerprint density at radius 3 is 2.64 bits per heavy atom. The molecule has 2 rings (SSSR count). The number of allylic oxidation sites excluding steroid dienone is 2. The molecule has 0 bridgehead atoms. The minimum absolute atomic E-state index is 0.145. The lowest BCUT2D eigenvalue weighted by atomic mass is 9.78. The van der Waals surface area contributed by atoms with Gasteiger partial charge >= 0.3 is 0 Å². The number of hydrogen-bond donors (Lipinski definition) is 0. The third-order valence-electron chi connectivity index (χ3n) is 3.09. The monoisotopic (exact) mass is 191 g/mol. The molecule has 1 fully saturated rings. The summed E-state index contributed by atoms with van der Waals surface area (Å²) in [5, 5.41) is 4.32. The number of hydrogen-bond acceptors (Lipinski definition) is 1. The van der Waals surface area contributed by atoms with Crippen LogP contribution in [0, 0.1) is 11.3 Å². The van der Waals surface area contributed by atoms with Crippen molar-refractivity contribution < 1.29 is 0 Å². The molecule has 2 heteroatoms. The van der Waals surface area contributed by atoms with Crippen molar-refractivity contribution in [1.29, 1.82) is 0 Å². The second-order valence-corrected chi connectivity index (χ2v) is 5.45. The first-order chi connectivity index (χ1) is 6.50. The molecule has 0 amide bonds. The molecule has 2 nitrogen and oxygen atoms in total. The highest BCUT2D eigenvalue weighted by atomic mass is 15.3. The van der Waals surface area contributed by atoms with Crippen molar-refractivity contribution in [2.24, 2.45) is 16.4 Å². The Kier molecular flexibility index (Phi) is 2.17. The SMILES string of the molecule is C[C@@H]1CCCC2=N[N]C(C(C)(C)C)=C21. The van der Waals surface area contributed by atoms with Gasteiger partial charge in [0, 0.05) is 11.0 Å². The van der Waals surface area contributed by atoms with Gasteiger partial charge in [-0.15, -0.1) is 0 Å². The zero-order chi connectivity index (χ0) is 10.3. The third-order valence-corrected chi connectivity index (χ3v) is 3.09. The van der Waals surface area contributed by atoms with Gasteiger partial charge in [-0.1, -0.05) is 27.7 Å². The first-order valence-corrected chi connectivity index (χ1v) is 5.53. The molecule has 14 heavy (non-hydrogen) atoms. The maximum Gasteiger partial charge on any atom is 0.0737 e. The maximum atomic E-state index is 4.37. The highest BCUT2D eigenvalue weighted by Gasteiger charge is 2.34. The molecule has 0 aromatic carbocycles. The van der Waals surface area contributed by atoms with E-state index in [1.54, 1.807) is 0 Å². The van der Waals surface area contributed by atoms with Crippen molar-refractivity contribution in [1.82, 2.24) is 5.43 Å². The molecule has 77 valence electrons. The Morgan fingerprint density at radius 2 is 2.00 bits per heavy atom. The van der Waals surface area contributed by atoms with E-state index in [0.29, 0.717) is 5.92 Å². The van der Waals surface area contributed by atoms with Crippen LogP contribution >= 0.6 is 0 Å². The van der Waals surface area contributed by atoms with Gasteiger partial charge in [0.25, 0.3) is 0 Å². The van der Waals surface area contributed by atoms with Gasteiger partial charge in [-0.25, -0.2) is 0 Å². The highest BCUT2D eigenvalue weighted by Crippen LogP contribution is 2.38. The second kappa shape index (κ2) is 3.11. The first-order valence-electron chi connectivity index (χ1n) is 5.53. The van der Waals surface area contributed by atoms with Crippen LogP contribution in [0.3, 0.4) is 0 Å². The molecule has 1 aliphatic carbocycles. The van der Waals surface area contributed by atoms with Crippen molar-refractivity contribution >= 4 is 5.71 Å². The molecule has 0 aromatic rings. The molecule has 1 heterocycles. The summed E-state index contributed by atoms with van der Waals surface area (Å²) in [7, 11) is 0. The van der Waals surface area contributed by atoms with Crippen LogP contribution in [0.15, 0.2) is 16.4 Å². The van der Waals surface area contributed by atoms with Crippen LogP contribution < -0.4 is 5.43 Å². The first kappa shape index (κ1) is 9.75. The molecular weight excluding hydrogens is 172 g/mol. The van der Waals surface area contributed by atoms with Crippen LogP contribution in [-0.4, -0.2) is 5.71 Å². The van der Waals surface area contributed by atoms with Crippen molar-refractivity contribution in [2.75, 3.05) is 0 Å². The molecule has 0 unspecified atom stereocenters. The van der Waals surface area contributed by atoms with Gasteiger partial charge in [-0.2, -0.15) is 10.5 Å². The normalized spacial score (nSPS) is 27.1. The summed E-state index contributed by atoms with van der Waals surface area (Å²) in [6.07, 6.45) is 3.70. The third kappa shape index (κ3) is 1.47. The van der Waals surface area contributed by atoms with E-state index in [1.807, 2.05) is 0 Å². The quantitative estimate of drug-likeness (QED) is 0.562. The molecule has 0 saturated heterocycles. The summed E-state index contributed by atoms with van der Waals surface area (Å²) in [4.78, 5) is 0. The zero-order valence-corrected chi connectivity index (χ0v) is 9.59. The smallest absolute Gasteiger partial charge is 0.0737 e. The summed E-state index contributed by atoms with van der Waals surface area (Å²) in [5.41, 5.74) is 8.44. The lowest BCUT2D eigenvalue weighted by Crippen LogP contribution is -2.21. The molecule has 1 saturated carbocycles. The van der Waals surface area contributed by atoms with Crippen LogP contribution in [0.4, 0.5) is 0 Å². The fraction of sp³-hybridized carbons (Fsp3) is 0.750. The standard InChI is InChI=1S/C12H19N2/c1-8-6-5-7-9-10(8)11(14-13-9)12(2,3)4/h8H,5-7H2,1-4H3/t8-/m1/s1. The summed E-state index contributed by atoms with van der Waals surface area (Å²) in [5.74, 6) is 0.656. The predicted molar refractivity (Wildman–Crippen MR) is 59.1 cm³/mol. The van der Waals surface area contributed by atoms with E-state index in [9.17, 15) is 0 Å². The van der Waals surface area contributed by atoms with E-state index in [-0.39, 0.29) is 5.41 Å². The van der Waals surface area contributed by atoms with E-state index < -0.39 is 0 Å². The van der Waals surface area contributed by atoms with E-state index in [4.69, 9.17) is 0 Å². The molecule has 0 aromatic heterocycles. The van der Waals surface area contributed by atoms with Gasteiger partial charge in [-0.05, 0) is 25.2 Å². The van der Waals surface area contributed by atoms with E-state index in [0.717, 1.165) is 6.42 Å².